The first-order valence-electron chi connectivity index (χ1n) is 11.5. The smallest absolute Gasteiger partial charge is 0.255 e. The molecule has 4 N–H and O–H groups in total. The predicted octanol–water partition coefficient (Wildman–Crippen LogP) is 3.23. The molecular weight excluding hydrogens is 418 g/mol. The van der Waals surface area contributed by atoms with Crippen molar-refractivity contribution in [3.05, 3.63) is 41.7 Å². The molecule has 2 fully saturated rings. The Kier molecular flexibility index (Phi) is 7.03. The first kappa shape index (κ1) is 22.5. The van der Waals surface area contributed by atoms with Crippen molar-refractivity contribution in [2.75, 3.05) is 10.6 Å². The minimum atomic E-state index is -0.143. The lowest BCUT2D eigenvalue weighted by atomic mass is 9.90. The van der Waals surface area contributed by atoms with Crippen LogP contribution >= 0.6 is 0 Å². The van der Waals surface area contributed by atoms with Crippen molar-refractivity contribution in [3.8, 4) is 6.07 Å². The highest BCUT2D eigenvalue weighted by Crippen LogP contribution is 2.28. The average Bonchev–Trinajstić information content (AvgIpc) is 2.78. The van der Waals surface area contributed by atoms with Gasteiger partial charge in [0.25, 0.3) is 5.91 Å². The van der Waals surface area contributed by atoms with Crippen molar-refractivity contribution < 1.29 is 9.59 Å². The Balaban J connectivity index is 1.44. The molecule has 172 valence electrons. The zero-order valence-electron chi connectivity index (χ0n) is 18.7. The van der Waals surface area contributed by atoms with Gasteiger partial charge in [-0.25, -0.2) is 9.97 Å². The largest absolute Gasteiger partial charge is 0.382 e. The summed E-state index contributed by atoms with van der Waals surface area (Å²) in [6, 6.07) is 7.91. The summed E-state index contributed by atoms with van der Waals surface area (Å²) in [7, 11) is 0. The lowest BCUT2D eigenvalue weighted by Crippen LogP contribution is -2.43. The summed E-state index contributed by atoms with van der Waals surface area (Å²) in [5.41, 5.74) is 1.75. The van der Waals surface area contributed by atoms with Gasteiger partial charge in [-0.15, -0.1) is 0 Å². The van der Waals surface area contributed by atoms with E-state index in [1.165, 1.54) is 19.5 Å². The number of nitrogens with zero attached hydrogens (tertiary/aromatic N) is 3. The van der Waals surface area contributed by atoms with E-state index in [2.05, 4.69) is 31.2 Å². The highest BCUT2D eigenvalue weighted by molar-refractivity contribution is 6.00. The quantitative estimate of drug-likeness (QED) is 0.512. The number of carbonyl (C=O) groups is 2. The molecule has 2 amide bonds. The summed E-state index contributed by atoms with van der Waals surface area (Å²) in [6.07, 6.45) is 9.81. The Bertz CT molecular complexity index is 1040. The van der Waals surface area contributed by atoms with E-state index in [-0.39, 0.29) is 23.9 Å². The minimum Gasteiger partial charge on any atom is -0.382 e. The molecule has 0 spiro atoms. The Hall–Kier alpha value is -3.67. The number of amides is 2. The van der Waals surface area contributed by atoms with Crippen molar-refractivity contribution in [1.29, 1.82) is 5.26 Å². The van der Waals surface area contributed by atoms with Crippen LogP contribution in [-0.4, -0.2) is 39.9 Å². The summed E-state index contributed by atoms with van der Waals surface area (Å²) < 4.78 is 0. The van der Waals surface area contributed by atoms with Gasteiger partial charge in [-0.2, -0.15) is 5.26 Å². The molecule has 0 radical (unpaired) electrons. The highest BCUT2D eigenvalue weighted by Gasteiger charge is 2.25. The van der Waals surface area contributed by atoms with Crippen LogP contribution in [0, 0.1) is 11.3 Å². The van der Waals surface area contributed by atoms with Gasteiger partial charge in [-0.1, -0.05) is 0 Å². The molecule has 2 saturated carbocycles. The predicted molar refractivity (Wildman–Crippen MR) is 125 cm³/mol. The first-order chi connectivity index (χ1) is 16.0. The van der Waals surface area contributed by atoms with E-state index in [0.29, 0.717) is 28.8 Å². The number of nitrogens with one attached hydrogen (secondary N) is 4. The summed E-state index contributed by atoms with van der Waals surface area (Å²) in [5, 5.41) is 21.7. The van der Waals surface area contributed by atoms with Gasteiger partial charge in [-0.3, -0.25) is 9.59 Å². The van der Waals surface area contributed by atoms with E-state index in [1.807, 2.05) is 12.1 Å². The number of aromatic nitrogens is 2. The maximum absolute atomic E-state index is 13.1. The Labute approximate surface area is 193 Å². The standard InChI is InChI=1S/C24H29N7O2/c1-15(32)28-18-6-8-19(9-7-18)30-24(33)20-14-27-23(11-21(20)29-17-3-2-4-17)31-22-10-5-16(12-25)13-26-22/h5,10-11,13-14,17-19H,2-4,6-9H2,1H3,(H,28,32)(H,30,33)(H2,26,27,29,31)/t18-,19-. The van der Waals surface area contributed by atoms with Crippen LogP contribution in [0.25, 0.3) is 0 Å². The van der Waals surface area contributed by atoms with Crippen LogP contribution in [0.15, 0.2) is 30.6 Å². The van der Waals surface area contributed by atoms with Crippen molar-refractivity contribution in [1.82, 2.24) is 20.6 Å². The third kappa shape index (κ3) is 5.98. The van der Waals surface area contributed by atoms with Gasteiger partial charge in [-0.05, 0) is 57.1 Å². The molecule has 33 heavy (non-hydrogen) atoms. The zero-order chi connectivity index (χ0) is 23.2. The molecule has 0 unspecified atom stereocenters. The summed E-state index contributed by atoms with van der Waals surface area (Å²) in [6.45, 7) is 1.54. The van der Waals surface area contributed by atoms with E-state index in [9.17, 15) is 9.59 Å². The Morgan fingerprint density at radius 2 is 1.64 bits per heavy atom. The fraction of sp³-hybridized carbons (Fsp3) is 0.458. The molecule has 2 aromatic rings. The maximum atomic E-state index is 13.1. The molecule has 0 aromatic carbocycles. The van der Waals surface area contributed by atoms with E-state index in [0.717, 1.165) is 44.2 Å². The van der Waals surface area contributed by atoms with Crippen molar-refractivity contribution in [2.24, 2.45) is 0 Å². The maximum Gasteiger partial charge on any atom is 0.255 e. The van der Waals surface area contributed by atoms with Gasteiger partial charge in [0.15, 0.2) is 0 Å². The lowest BCUT2D eigenvalue weighted by Gasteiger charge is -2.30. The van der Waals surface area contributed by atoms with E-state index < -0.39 is 0 Å². The average molecular weight is 448 g/mol. The second kappa shape index (κ2) is 10.3. The fourth-order valence-corrected chi connectivity index (χ4v) is 4.19. The topological polar surface area (TPSA) is 132 Å². The normalized spacial score (nSPS) is 20.1. The molecule has 0 aliphatic heterocycles. The molecule has 9 heteroatoms. The van der Waals surface area contributed by atoms with E-state index in [1.54, 1.807) is 18.3 Å². The van der Waals surface area contributed by atoms with E-state index >= 15 is 0 Å². The SMILES string of the molecule is CC(=O)N[C@H]1CC[C@H](NC(=O)c2cnc(Nc3ccc(C#N)cn3)cc2NC2CCC2)CC1. The Morgan fingerprint density at radius 1 is 0.939 bits per heavy atom. The molecule has 2 aliphatic rings. The third-order valence-electron chi connectivity index (χ3n) is 6.23. The second-order valence-corrected chi connectivity index (χ2v) is 8.78. The van der Waals surface area contributed by atoms with E-state index in [4.69, 9.17) is 5.26 Å². The molecule has 0 atom stereocenters. The summed E-state index contributed by atoms with van der Waals surface area (Å²) in [4.78, 5) is 33.0. The number of hydrogen-bond donors (Lipinski definition) is 4. The van der Waals surface area contributed by atoms with Crippen LogP contribution in [0.2, 0.25) is 0 Å². The zero-order valence-corrected chi connectivity index (χ0v) is 18.7. The number of pyridine rings is 2. The third-order valence-corrected chi connectivity index (χ3v) is 6.23. The van der Waals surface area contributed by atoms with Crippen molar-refractivity contribution >= 4 is 29.1 Å². The van der Waals surface area contributed by atoms with Crippen LogP contribution < -0.4 is 21.3 Å². The van der Waals surface area contributed by atoms with Crippen LogP contribution in [0.4, 0.5) is 17.3 Å². The van der Waals surface area contributed by atoms with Gasteiger partial charge >= 0.3 is 0 Å². The van der Waals surface area contributed by atoms with Gasteiger partial charge in [0, 0.05) is 43.5 Å². The number of hydrogen-bond acceptors (Lipinski definition) is 7. The fourth-order valence-electron chi connectivity index (χ4n) is 4.19. The molecule has 4 rings (SSSR count). The number of nitriles is 1. The highest BCUT2D eigenvalue weighted by atomic mass is 16.2. The molecule has 9 nitrogen and oxygen atoms in total. The number of anilines is 3. The van der Waals surface area contributed by atoms with Gasteiger partial charge in [0.05, 0.1) is 16.8 Å². The van der Waals surface area contributed by atoms with Crippen molar-refractivity contribution in [3.63, 3.8) is 0 Å². The van der Waals surface area contributed by atoms with Gasteiger partial charge in [0.1, 0.15) is 17.7 Å². The summed E-state index contributed by atoms with van der Waals surface area (Å²) in [5.74, 6) is 0.992. The molecule has 2 aromatic heterocycles. The van der Waals surface area contributed by atoms with Crippen LogP contribution in [0.1, 0.15) is 67.8 Å². The van der Waals surface area contributed by atoms with Crippen LogP contribution in [0.5, 0.6) is 0 Å². The molecule has 2 aliphatic carbocycles. The Morgan fingerprint density at radius 3 is 2.21 bits per heavy atom. The van der Waals surface area contributed by atoms with Crippen LogP contribution in [-0.2, 0) is 4.79 Å². The summed E-state index contributed by atoms with van der Waals surface area (Å²) >= 11 is 0. The molecule has 0 bridgehead atoms. The lowest BCUT2D eigenvalue weighted by molar-refractivity contribution is -0.119. The first-order valence-corrected chi connectivity index (χ1v) is 11.5. The molecular formula is C24H29N7O2. The van der Waals surface area contributed by atoms with Crippen molar-refractivity contribution in [2.45, 2.75) is 70.0 Å². The van der Waals surface area contributed by atoms with Gasteiger partial charge < -0.3 is 21.3 Å². The molecule has 0 saturated heterocycles. The van der Waals surface area contributed by atoms with Crippen LogP contribution in [0.3, 0.4) is 0 Å². The number of carbonyl (C=O) groups excluding carboxylic acids is 2. The monoisotopic (exact) mass is 447 g/mol. The number of rotatable bonds is 7. The minimum absolute atomic E-state index is 0.00910. The molecule has 2 heterocycles. The van der Waals surface area contributed by atoms with Gasteiger partial charge in [0.2, 0.25) is 5.91 Å². The second-order valence-electron chi connectivity index (χ2n) is 8.78.